The molecule has 0 spiro atoms. The molecule has 2 aromatic carbocycles. The molecule has 2 rings (SSSR count). The number of phenolic OH excluding ortho intramolecular Hbond substituents is 2. The lowest BCUT2D eigenvalue weighted by atomic mass is 10.1. The first-order valence-electron chi connectivity index (χ1n) is 6.50. The molecular formula is C15H13N3O5. The number of non-ortho nitro benzene ring substituents is 1. The molecule has 0 saturated heterocycles. The van der Waals surface area contributed by atoms with Crippen LogP contribution in [0.1, 0.15) is 22.8 Å². The number of phenols is 2. The number of nitrogens with one attached hydrogen (secondary N) is 1. The van der Waals surface area contributed by atoms with E-state index in [0.717, 1.165) is 12.1 Å². The van der Waals surface area contributed by atoms with Crippen molar-refractivity contribution in [1.82, 2.24) is 5.43 Å². The summed E-state index contributed by atoms with van der Waals surface area (Å²) in [6.45, 7) is 1.56. The molecule has 0 aliphatic heterocycles. The predicted molar refractivity (Wildman–Crippen MR) is 82.5 cm³/mol. The summed E-state index contributed by atoms with van der Waals surface area (Å²) in [4.78, 5) is 22.0. The maximum Gasteiger partial charge on any atom is 0.271 e. The molecule has 0 aromatic heterocycles. The van der Waals surface area contributed by atoms with E-state index in [1.54, 1.807) is 6.92 Å². The Morgan fingerprint density at radius 3 is 2.61 bits per heavy atom. The van der Waals surface area contributed by atoms with Gasteiger partial charge < -0.3 is 10.2 Å². The Labute approximate surface area is 130 Å². The highest BCUT2D eigenvalue weighted by molar-refractivity contribution is 6.02. The summed E-state index contributed by atoms with van der Waals surface area (Å²) < 4.78 is 0. The van der Waals surface area contributed by atoms with Crippen molar-refractivity contribution < 1.29 is 19.9 Å². The average Bonchev–Trinajstić information content (AvgIpc) is 2.52. The summed E-state index contributed by atoms with van der Waals surface area (Å²) in [6, 6.07) is 9.20. The Morgan fingerprint density at radius 2 is 1.96 bits per heavy atom. The number of carbonyl (C=O) groups excluding carboxylic acids is 1. The molecule has 0 heterocycles. The maximum atomic E-state index is 12.0. The van der Waals surface area contributed by atoms with Gasteiger partial charge in [0.15, 0.2) is 0 Å². The Bertz CT molecular complexity index is 801. The van der Waals surface area contributed by atoms with E-state index in [2.05, 4.69) is 10.5 Å². The van der Waals surface area contributed by atoms with Gasteiger partial charge in [-0.3, -0.25) is 14.9 Å². The third-order valence-electron chi connectivity index (χ3n) is 3.02. The van der Waals surface area contributed by atoms with Gasteiger partial charge in [0.2, 0.25) is 0 Å². The smallest absolute Gasteiger partial charge is 0.271 e. The topological polar surface area (TPSA) is 125 Å². The second kappa shape index (κ2) is 6.56. The predicted octanol–water partition coefficient (Wildman–Crippen LogP) is 2.16. The van der Waals surface area contributed by atoms with Gasteiger partial charge in [-0.2, -0.15) is 5.10 Å². The third-order valence-corrected chi connectivity index (χ3v) is 3.02. The van der Waals surface area contributed by atoms with Gasteiger partial charge in [-0.1, -0.05) is 6.07 Å². The monoisotopic (exact) mass is 315 g/mol. The second-order valence-electron chi connectivity index (χ2n) is 4.65. The molecular weight excluding hydrogens is 302 g/mol. The molecule has 23 heavy (non-hydrogen) atoms. The van der Waals surface area contributed by atoms with Crippen LogP contribution in [-0.4, -0.2) is 26.8 Å². The van der Waals surface area contributed by atoms with Gasteiger partial charge in [0.1, 0.15) is 11.5 Å². The number of nitro benzene ring substituents is 1. The van der Waals surface area contributed by atoms with E-state index in [-0.39, 0.29) is 22.7 Å². The number of hydrogen-bond acceptors (Lipinski definition) is 6. The number of amides is 1. The first-order valence-corrected chi connectivity index (χ1v) is 6.50. The Balaban J connectivity index is 2.17. The van der Waals surface area contributed by atoms with Gasteiger partial charge in [-0.15, -0.1) is 0 Å². The number of rotatable bonds is 4. The van der Waals surface area contributed by atoms with Crippen molar-refractivity contribution in [3.8, 4) is 11.5 Å². The molecule has 118 valence electrons. The molecule has 0 atom stereocenters. The zero-order chi connectivity index (χ0) is 17.0. The van der Waals surface area contributed by atoms with Crippen LogP contribution in [0.3, 0.4) is 0 Å². The molecule has 8 heteroatoms. The molecule has 0 saturated carbocycles. The zero-order valence-electron chi connectivity index (χ0n) is 12.1. The first kappa shape index (κ1) is 16.0. The van der Waals surface area contributed by atoms with E-state index in [1.165, 1.54) is 30.3 Å². The number of nitrogens with zero attached hydrogens (tertiary/aromatic N) is 2. The fraction of sp³-hybridized carbons (Fsp3) is 0.0667. The molecule has 8 nitrogen and oxygen atoms in total. The standard InChI is InChI=1S/C15H13N3O5/c1-9(13-6-5-12(19)8-14(13)20)16-17-15(21)10-3-2-4-11(7-10)18(22)23/h2-8,19-20H,1H3,(H,17,21). The van der Waals surface area contributed by atoms with Crippen LogP contribution in [0.4, 0.5) is 5.69 Å². The summed E-state index contributed by atoms with van der Waals surface area (Å²) in [7, 11) is 0. The van der Waals surface area contributed by atoms with Gasteiger partial charge in [-0.05, 0) is 25.1 Å². The molecule has 3 N–H and O–H groups in total. The lowest BCUT2D eigenvalue weighted by molar-refractivity contribution is -0.384. The summed E-state index contributed by atoms with van der Waals surface area (Å²) in [5, 5.41) is 33.5. The van der Waals surface area contributed by atoms with Crippen LogP contribution in [-0.2, 0) is 0 Å². The number of nitro groups is 1. The Hall–Kier alpha value is -3.42. The minimum atomic E-state index is -0.619. The van der Waals surface area contributed by atoms with Gasteiger partial charge in [0.25, 0.3) is 11.6 Å². The van der Waals surface area contributed by atoms with Crippen LogP contribution >= 0.6 is 0 Å². The molecule has 0 aliphatic carbocycles. The van der Waals surface area contributed by atoms with Crippen LogP contribution in [0.15, 0.2) is 47.6 Å². The average molecular weight is 315 g/mol. The molecule has 0 radical (unpaired) electrons. The molecule has 0 fully saturated rings. The summed E-state index contributed by atoms with van der Waals surface area (Å²) in [5.74, 6) is -0.901. The zero-order valence-corrected chi connectivity index (χ0v) is 12.1. The summed E-state index contributed by atoms with van der Waals surface area (Å²) in [6.07, 6.45) is 0. The van der Waals surface area contributed by atoms with Crippen molar-refractivity contribution in [1.29, 1.82) is 0 Å². The van der Waals surface area contributed by atoms with Crippen molar-refractivity contribution in [3.63, 3.8) is 0 Å². The fourth-order valence-corrected chi connectivity index (χ4v) is 1.85. The van der Waals surface area contributed by atoms with E-state index in [0.29, 0.717) is 11.3 Å². The van der Waals surface area contributed by atoms with Crippen LogP contribution < -0.4 is 5.43 Å². The van der Waals surface area contributed by atoms with Crippen LogP contribution in [0.2, 0.25) is 0 Å². The van der Waals surface area contributed by atoms with E-state index < -0.39 is 10.8 Å². The minimum absolute atomic E-state index is 0.0886. The largest absolute Gasteiger partial charge is 0.508 e. The quantitative estimate of drug-likeness (QED) is 0.453. The van der Waals surface area contributed by atoms with Gasteiger partial charge in [-0.25, -0.2) is 5.43 Å². The van der Waals surface area contributed by atoms with Crippen LogP contribution in [0.25, 0.3) is 0 Å². The summed E-state index contributed by atoms with van der Waals surface area (Å²) in [5.41, 5.74) is 2.79. The molecule has 0 aliphatic rings. The van der Waals surface area contributed by atoms with E-state index in [1.807, 2.05) is 0 Å². The van der Waals surface area contributed by atoms with Gasteiger partial charge >= 0.3 is 0 Å². The van der Waals surface area contributed by atoms with Crippen LogP contribution in [0, 0.1) is 10.1 Å². The highest BCUT2D eigenvalue weighted by Gasteiger charge is 2.11. The summed E-state index contributed by atoms with van der Waals surface area (Å²) >= 11 is 0. The van der Waals surface area contributed by atoms with Gasteiger partial charge in [0, 0.05) is 29.3 Å². The van der Waals surface area contributed by atoms with Crippen LogP contribution in [0.5, 0.6) is 11.5 Å². The van der Waals surface area contributed by atoms with Crippen molar-refractivity contribution in [2.45, 2.75) is 6.92 Å². The van der Waals surface area contributed by atoms with E-state index in [9.17, 15) is 25.1 Å². The van der Waals surface area contributed by atoms with E-state index >= 15 is 0 Å². The van der Waals surface area contributed by atoms with Crippen molar-refractivity contribution in [3.05, 3.63) is 63.7 Å². The third kappa shape index (κ3) is 3.82. The first-order chi connectivity index (χ1) is 10.9. The number of hydrazone groups is 1. The molecule has 1 amide bonds. The SMILES string of the molecule is CC(=NNC(=O)c1cccc([N+](=O)[O-])c1)c1ccc(O)cc1O. The fourth-order valence-electron chi connectivity index (χ4n) is 1.85. The lowest BCUT2D eigenvalue weighted by Gasteiger charge is -2.05. The minimum Gasteiger partial charge on any atom is -0.508 e. The maximum absolute atomic E-state index is 12.0. The van der Waals surface area contributed by atoms with Crippen molar-refractivity contribution in [2.24, 2.45) is 5.10 Å². The Kier molecular flexibility index (Phi) is 4.55. The Morgan fingerprint density at radius 1 is 1.22 bits per heavy atom. The highest BCUT2D eigenvalue weighted by Crippen LogP contribution is 2.23. The van der Waals surface area contributed by atoms with Gasteiger partial charge in [0.05, 0.1) is 10.6 Å². The number of hydrogen-bond donors (Lipinski definition) is 3. The number of benzene rings is 2. The number of carbonyl (C=O) groups is 1. The second-order valence-corrected chi connectivity index (χ2v) is 4.65. The molecule has 0 unspecified atom stereocenters. The lowest BCUT2D eigenvalue weighted by Crippen LogP contribution is -2.19. The van der Waals surface area contributed by atoms with Crippen molar-refractivity contribution >= 4 is 17.3 Å². The highest BCUT2D eigenvalue weighted by atomic mass is 16.6. The number of aromatic hydroxyl groups is 2. The normalized spacial score (nSPS) is 11.1. The molecule has 2 aromatic rings. The molecule has 0 bridgehead atoms. The van der Waals surface area contributed by atoms with Crippen molar-refractivity contribution in [2.75, 3.05) is 0 Å². The van der Waals surface area contributed by atoms with E-state index in [4.69, 9.17) is 0 Å².